The van der Waals surface area contributed by atoms with Crippen molar-refractivity contribution in [2.45, 2.75) is 26.8 Å². The van der Waals surface area contributed by atoms with E-state index >= 15 is 0 Å². The van der Waals surface area contributed by atoms with Crippen LogP contribution >= 0.6 is 11.6 Å². The Kier molecular flexibility index (Phi) is 5.38. The summed E-state index contributed by atoms with van der Waals surface area (Å²) in [4.78, 5) is 12.3. The fraction of sp³-hybridized carbons (Fsp3) is 0.200. The van der Waals surface area contributed by atoms with E-state index in [1.165, 1.54) is 12.1 Å². The topological polar surface area (TPSA) is 46.9 Å². The molecule has 0 saturated heterocycles. The van der Waals surface area contributed by atoms with Crippen LogP contribution in [0.15, 0.2) is 48.5 Å². The summed E-state index contributed by atoms with van der Waals surface area (Å²) < 4.78 is 14.7. The van der Waals surface area contributed by atoms with E-state index in [1.807, 2.05) is 42.8 Å². The lowest BCUT2D eigenvalue weighted by Crippen LogP contribution is -2.25. The second-order valence-corrected chi connectivity index (χ2v) is 6.55. The van der Waals surface area contributed by atoms with Gasteiger partial charge in [-0.25, -0.2) is 9.07 Å². The lowest BCUT2D eigenvalue weighted by atomic mass is 10.1. The molecule has 1 amide bonds. The molecule has 0 fully saturated rings. The molecule has 6 heteroatoms. The Morgan fingerprint density at radius 2 is 1.77 bits per heavy atom. The summed E-state index contributed by atoms with van der Waals surface area (Å²) in [6.45, 7) is 4.20. The first-order chi connectivity index (χ1) is 12.4. The molecule has 0 saturated carbocycles. The maximum atomic E-state index is 12.9. The summed E-state index contributed by atoms with van der Waals surface area (Å²) in [5.74, 6) is -0.392. The summed E-state index contributed by atoms with van der Waals surface area (Å²) in [5, 5.41) is 8.07. The quantitative estimate of drug-likeness (QED) is 0.732. The first kappa shape index (κ1) is 18.1. The lowest BCUT2D eigenvalue weighted by Gasteiger charge is -2.07. The van der Waals surface area contributed by atoms with Gasteiger partial charge in [-0.2, -0.15) is 5.10 Å². The third-order valence-corrected chi connectivity index (χ3v) is 4.50. The number of carbonyl (C=O) groups excluding carboxylic acids is 1. The Balaban J connectivity index is 1.70. The minimum absolute atomic E-state index is 0.101. The minimum atomic E-state index is -0.291. The third-order valence-electron chi connectivity index (χ3n) is 4.25. The highest BCUT2D eigenvalue weighted by Gasteiger charge is 2.16. The van der Waals surface area contributed by atoms with Gasteiger partial charge in [0.15, 0.2) is 0 Å². The summed E-state index contributed by atoms with van der Waals surface area (Å²) in [6, 6.07) is 13.5. The highest BCUT2D eigenvalue weighted by molar-refractivity contribution is 6.30. The molecular weight excluding hydrogens is 353 g/mol. The minimum Gasteiger partial charge on any atom is -0.352 e. The van der Waals surface area contributed by atoms with Crippen molar-refractivity contribution in [3.8, 4) is 5.69 Å². The molecule has 0 unspecified atom stereocenters. The van der Waals surface area contributed by atoms with Crippen molar-refractivity contribution in [3.63, 3.8) is 0 Å². The van der Waals surface area contributed by atoms with Crippen LogP contribution in [0, 0.1) is 19.7 Å². The SMILES string of the molecule is Cc1nn(-c2ccc(Cl)cc2)c(C)c1CC(=O)NCc1ccc(F)cc1. The van der Waals surface area contributed by atoms with Gasteiger partial charge in [0.05, 0.1) is 17.8 Å². The first-order valence-electron chi connectivity index (χ1n) is 8.26. The van der Waals surface area contributed by atoms with Crippen LogP contribution in [0.4, 0.5) is 4.39 Å². The van der Waals surface area contributed by atoms with Crippen molar-refractivity contribution in [3.05, 3.63) is 81.9 Å². The highest BCUT2D eigenvalue weighted by atomic mass is 35.5. The van der Waals surface area contributed by atoms with Crippen molar-refractivity contribution < 1.29 is 9.18 Å². The van der Waals surface area contributed by atoms with Gasteiger partial charge in [0.1, 0.15) is 5.82 Å². The molecule has 0 bridgehead atoms. The van der Waals surface area contributed by atoms with Crippen molar-refractivity contribution in [1.82, 2.24) is 15.1 Å². The van der Waals surface area contributed by atoms with Crippen molar-refractivity contribution >= 4 is 17.5 Å². The van der Waals surface area contributed by atoms with Gasteiger partial charge in [-0.05, 0) is 55.8 Å². The monoisotopic (exact) mass is 371 g/mol. The van der Waals surface area contributed by atoms with Crippen molar-refractivity contribution in [2.24, 2.45) is 0 Å². The molecule has 2 aromatic carbocycles. The number of carbonyl (C=O) groups is 1. The molecule has 3 aromatic rings. The Bertz CT molecular complexity index is 917. The predicted molar refractivity (Wildman–Crippen MR) is 100.0 cm³/mol. The standard InChI is InChI=1S/C20H19ClFN3O/c1-13-19(11-20(26)23-12-15-3-7-17(22)8-4-15)14(2)25(24-13)18-9-5-16(21)6-10-18/h3-10H,11-12H2,1-2H3,(H,23,26). The zero-order valence-electron chi connectivity index (χ0n) is 14.6. The summed E-state index contributed by atoms with van der Waals surface area (Å²) in [5.41, 5.74) is 4.38. The molecule has 0 spiro atoms. The number of halogens is 2. The molecule has 0 aliphatic rings. The number of hydrogen-bond acceptors (Lipinski definition) is 2. The molecule has 1 heterocycles. The van der Waals surface area contributed by atoms with Gasteiger partial charge in [-0.1, -0.05) is 23.7 Å². The molecular formula is C20H19ClFN3O. The lowest BCUT2D eigenvalue weighted by molar-refractivity contribution is -0.120. The number of aromatic nitrogens is 2. The van der Waals surface area contributed by atoms with Crippen molar-refractivity contribution in [2.75, 3.05) is 0 Å². The molecule has 0 aliphatic carbocycles. The highest BCUT2D eigenvalue weighted by Crippen LogP contribution is 2.20. The molecule has 0 atom stereocenters. The van der Waals surface area contributed by atoms with Gasteiger partial charge in [0.25, 0.3) is 0 Å². The number of aryl methyl sites for hydroxylation is 1. The largest absolute Gasteiger partial charge is 0.352 e. The van der Waals surface area contributed by atoms with Crippen LogP contribution < -0.4 is 5.32 Å². The summed E-state index contributed by atoms with van der Waals surface area (Å²) in [6.07, 6.45) is 0.243. The van der Waals surface area contributed by atoms with E-state index in [4.69, 9.17) is 11.6 Å². The molecule has 3 rings (SSSR count). The van der Waals surface area contributed by atoms with Crippen LogP contribution in [0.3, 0.4) is 0 Å². The van der Waals surface area contributed by atoms with Gasteiger partial charge < -0.3 is 5.32 Å². The number of nitrogens with one attached hydrogen (secondary N) is 1. The van der Waals surface area contributed by atoms with Gasteiger partial charge in [-0.15, -0.1) is 0 Å². The van der Waals surface area contributed by atoms with Crippen LogP contribution in [0.1, 0.15) is 22.5 Å². The summed E-state index contributed by atoms with van der Waals surface area (Å²) in [7, 11) is 0. The average Bonchev–Trinajstić information content (AvgIpc) is 2.90. The van der Waals surface area contributed by atoms with Crippen molar-refractivity contribution in [1.29, 1.82) is 0 Å². The Morgan fingerprint density at radius 3 is 2.42 bits per heavy atom. The molecule has 26 heavy (non-hydrogen) atoms. The third kappa shape index (κ3) is 4.11. The predicted octanol–water partition coefficient (Wildman–Crippen LogP) is 4.14. The van der Waals surface area contributed by atoms with Crippen LogP contribution in [-0.4, -0.2) is 15.7 Å². The van der Waals surface area contributed by atoms with Gasteiger partial charge in [-0.3, -0.25) is 4.79 Å². The maximum Gasteiger partial charge on any atom is 0.224 e. The second kappa shape index (κ2) is 7.70. The number of rotatable bonds is 5. The molecule has 0 aliphatic heterocycles. The van der Waals surface area contributed by atoms with E-state index in [2.05, 4.69) is 10.4 Å². The number of nitrogens with zero attached hydrogens (tertiary/aromatic N) is 2. The Hall–Kier alpha value is -2.66. The zero-order valence-corrected chi connectivity index (χ0v) is 15.3. The van der Waals surface area contributed by atoms with E-state index in [1.54, 1.807) is 12.1 Å². The first-order valence-corrected chi connectivity index (χ1v) is 8.64. The zero-order chi connectivity index (χ0) is 18.7. The molecule has 1 N–H and O–H groups in total. The van der Waals surface area contributed by atoms with E-state index in [-0.39, 0.29) is 18.1 Å². The van der Waals surface area contributed by atoms with Crippen LogP contribution in [-0.2, 0) is 17.8 Å². The van der Waals surface area contributed by atoms with Gasteiger partial charge in [0, 0.05) is 22.8 Å². The van der Waals surface area contributed by atoms with E-state index in [0.717, 1.165) is 28.2 Å². The van der Waals surface area contributed by atoms with Crippen LogP contribution in [0.2, 0.25) is 5.02 Å². The van der Waals surface area contributed by atoms with E-state index in [0.29, 0.717) is 11.6 Å². The Morgan fingerprint density at radius 1 is 1.12 bits per heavy atom. The van der Waals surface area contributed by atoms with Gasteiger partial charge in [0.2, 0.25) is 5.91 Å². The summed E-state index contributed by atoms with van der Waals surface area (Å²) >= 11 is 5.93. The maximum absolute atomic E-state index is 12.9. The number of hydrogen-bond donors (Lipinski definition) is 1. The number of amides is 1. The van der Waals surface area contributed by atoms with Crippen LogP contribution in [0.5, 0.6) is 0 Å². The Labute approximate surface area is 156 Å². The van der Waals surface area contributed by atoms with Gasteiger partial charge >= 0.3 is 0 Å². The fourth-order valence-electron chi connectivity index (χ4n) is 2.79. The van der Waals surface area contributed by atoms with E-state index < -0.39 is 0 Å². The van der Waals surface area contributed by atoms with Crippen LogP contribution in [0.25, 0.3) is 5.69 Å². The molecule has 134 valence electrons. The molecule has 0 radical (unpaired) electrons. The van der Waals surface area contributed by atoms with E-state index in [9.17, 15) is 9.18 Å². The number of benzene rings is 2. The average molecular weight is 372 g/mol. The smallest absolute Gasteiger partial charge is 0.224 e. The fourth-order valence-corrected chi connectivity index (χ4v) is 2.92. The second-order valence-electron chi connectivity index (χ2n) is 6.12. The molecule has 1 aromatic heterocycles. The molecule has 4 nitrogen and oxygen atoms in total. The normalized spacial score (nSPS) is 10.8.